The number of rotatable bonds is 5. The molecule has 2 unspecified atom stereocenters. The van der Waals surface area contributed by atoms with Crippen molar-refractivity contribution in [3.8, 4) is 45.3 Å². The van der Waals surface area contributed by atoms with E-state index < -0.39 is 48.2 Å². The predicted octanol–water partition coefficient (Wildman–Crippen LogP) is 11.5. The quantitative estimate of drug-likeness (QED) is 0.175. The topological polar surface area (TPSA) is 55.1 Å². The second kappa shape index (κ2) is 13.0. The molecular weight excluding hydrogens is 709 g/mol. The van der Waals surface area contributed by atoms with Crippen molar-refractivity contribution < 1.29 is 18.1 Å². The van der Waals surface area contributed by atoms with Crippen LogP contribution in [-0.4, -0.2) is 21.0 Å². The summed E-state index contributed by atoms with van der Waals surface area (Å²) in [6.07, 6.45) is 0. The molecule has 0 saturated heterocycles. The summed E-state index contributed by atoms with van der Waals surface area (Å²) >= 11 is 0. The van der Waals surface area contributed by atoms with E-state index in [-0.39, 0.29) is 45.9 Å². The first-order valence-electron chi connectivity index (χ1n) is 23.9. The highest BCUT2D eigenvalue weighted by atomic mass is 16.3. The number of nitrogens with zero attached hydrogens (tertiary/aromatic N) is 4. The first kappa shape index (κ1) is 24.1. The minimum absolute atomic E-state index is 0.0513. The first-order valence-corrected chi connectivity index (χ1v) is 18.9. The lowest BCUT2D eigenvalue weighted by atomic mass is 9.89. The molecule has 12 rings (SSSR count). The van der Waals surface area contributed by atoms with Gasteiger partial charge < -0.3 is 9.32 Å². The van der Waals surface area contributed by atoms with Crippen molar-refractivity contribution in [1.29, 1.82) is 0 Å². The molecule has 2 aliphatic rings. The minimum atomic E-state index is -1.16. The molecule has 0 radical (unpaired) electrons. The zero-order valence-electron chi connectivity index (χ0n) is 40.6. The van der Waals surface area contributed by atoms with E-state index in [2.05, 4.69) is 24.3 Å². The molecule has 58 heavy (non-hydrogen) atoms. The molecule has 0 amide bonds. The van der Waals surface area contributed by atoms with Crippen LogP contribution in [0.25, 0.3) is 90.1 Å². The van der Waals surface area contributed by atoms with Gasteiger partial charge in [-0.15, -0.1) is 0 Å². The third-order valence-corrected chi connectivity index (χ3v) is 11.0. The first-order chi connectivity index (χ1) is 32.9. The smallest absolute Gasteiger partial charge is 0.164 e. The summed E-state index contributed by atoms with van der Waals surface area (Å²) in [6, 6.07) is 37.9. The number of furan rings is 1. The number of hydrogen-bond acceptors (Lipinski definition) is 5. The number of aromatic nitrogens is 3. The lowest BCUT2D eigenvalue weighted by molar-refractivity contribution is 0.668. The van der Waals surface area contributed by atoms with Crippen LogP contribution in [0.4, 0.5) is 11.4 Å². The van der Waals surface area contributed by atoms with E-state index in [4.69, 9.17) is 30.3 Å². The van der Waals surface area contributed by atoms with Gasteiger partial charge in [0.2, 0.25) is 0 Å². The Labute approximate surface area is 348 Å². The molecule has 0 fully saturated rings. The maximum absolute atomic E-state index is 9.57. The van der Waals surface area contributed by atoms with E-state index in [1.165, 1.54) is 0 Å². The summed E-state index contributed by atoms with van der Waals surface area (Å²) in [5.41, 5.74) is 5.87. The second-order valence-electron chi connectivity index (χ2n) is 14.4. The van der Waals surface area contributed by atoms with Crippen molar-refractivity contribution in [3.63, 3.8) is 0 Å². The van der Waals surface area contributed by atoms with Gasteiger partial charge in [-0.25, -0.2) is 15.0 Å². The van der Waals surface area contributed by atoms with Crippen LogP contribution >= 0.6 is 0 Å². The van der Waals surface area contributed by atoms with Gasteiger partial charge in [0.1, 0.15) is 11.2 Å². The van der Waals surface area contributed by atoms with Crippen LogP contribution in [0.5, 0.6) is 0 Å². The van der Waals surface area contributed by atoms with E-state index in [9.17, 15) is 2.74 Å². The van der Waals surface area contributed by atoms with Gasteiger partial charge in [0.15, 0.2) is 17.5 Å². The molecule has 0 N–H and O–H groups in total. The monoisotopic (exact) mass is 752 g/mol. The Morgan fingerprint density at radius 2 is 1.21 bits per heavy atom. The molecule has 3 heterocycles. The van der Waals surface area contributed by atoms with Crippen molar-refractivity contribution in [2.24, 2.45) is 0 Å². The predicted molar refractivity (Wildman–Crippen MR) is 236 cm³/mol. The molecule has 1 aliphatic heterocycles. The Balaban J connectivity index is 1.04. The lowest BCUT2D eigenvalue weighted by Crippen LogP contribution is -2.38. The molecule has 0 bridgehead atoms. The summed E-state index contributed by atoms with van der Waals surface area (Å²) in [5, 5.41) is 3.23. The molecule has 5 nitrogen and oxygen atoms in total. The van der Waals surface area contributed by atoms with Gasteiger partial charge in [0, 0.05) is 50.8 Å². The number of benzene rings is 8. The largest absolute Gasteiger partial charge is 0.456 e. The van der Waals surface area contributed by atoms with Gasteiger partial charge in [0.25, 0.3) is 0 Å². The molecule has 8 aromatic carbocycles. The van der Waals surface area contributed by atoms with Gasteiger partial charge in [0.05, 0.1) is 19.7 Å². The van der Waals surface area contributed by atoms with Gasteiger partial charge in [-0.05, 0) is 68.2 Å². The normalized spacial score (nSPS) is 18.2. The SMILES string of the molecule is [2H]C1=c2c([2H])c([2H])c([2H])c([2H])c2=C([2H])C2C1c1c([2H])c([2H])c([2H])c([2H])c1N2c1ccc2c(c1)oc1cccc(-c3nc(-c4ccc(-c5ccccc5)cc4)nc(-c4ccc5ccccc5c4)n3)c12. The van der Waals surface area contributed by atoms with E-state index in [0.717, 1.165) is 33.0 Å². The summed E-state index contributed by atoms with van der Waals surface area (Å²) < 4.78 is 95.4. The van der Waals surface area contributed by atoms with E-state index in [0.29, 0.717) is 50.7 Å². The molecular formula is C53H34N4O. The van der Waals surface area contributed by atoms with Crippen LogP contribution in [0, 0.1) is 0 Å². The van der Waals surface area contributed by atoms with Crippen molar-refractivity contribution in [2.45, 2.75) is 12.0 Å². The summed E-state index contributed by atoms with van der Waals surface area (Å²) in [6.45, 7) is 0. The number of anilines is 2. The van der Waals surface area contributed by atoms with Crippen molar-refractivity contribution in [3.05, 3.63) is 198 Å². The van der Waals surface area contributed by atoms with E-state index in [1.54, 1.807) is 17.0 Å². The average Bonchev–Trinajstić information content (AvgIpc) is 3.94. The maximum Gasteiger partial charge on any atom is 0.164 e. The van der Waals surface area contributed by atoms with Gasteiger partial charge in [-0.2, -0.15) is 0 Å². The van der Waals surface area contributed by atoms with Gasteiger partial charge in [-0.1, -0.05) is 158 Å². The molecule has 1 aliphatic carbocycles. The number of fused-ring (bicyclic) bond motifs is 8. The Kier molecular flexibility index (Phi) is 5.39. The molecule has 0 saturated carbocycles. The second-order valence-corrected chi connectivity index (χ2v) is 14.4. The number of hydrogen-bond donors (Lipinski definition) is 0. The highest BCUT2D eigenvalue weighted by Gasteiger charge is 2.38. The summed E-state index contributed by atoms with van der Waals surface area (Å²) in [7, 11) is 0. The fraction of sp³-hybridized carbons (Fsp3) is 0.0377. The zero-order chi connectivity index (χ0) is 46.9. The van der Waals surface area contributed by atoms with Crippen molar-refractivity contribution in [1.82, 2.24) is 15.0 Å². The highest BCUT2D eigenvalue weighted by molar-refractivity contribution is 6.12. The molecule has 10 aromatic rings. The van der Waals surface area contributed by atoms with Crippen molar-refractivity contribution in [2.75, 3.05) is 4.90 Å². The Morgan fingerprint density at radius 3 is 2.07 bits per heavy atom. The third kappa shape index (κ3) is 5.28. The summed E-state index contributed by atoms with van der Waals surface area (Å²) in [5.74, 6) is 0.206. The van der Waals surface area contributed by atoms with E-state index >= 15 is 0 Å². The molecule has 2 atom stereocenters. The molecule has 272 valence electrons. The van der Waals surface area contributed by atoms with Gasteiger partial charge >= 0.3 is 0 Å². The Hall–Kier alpha value is -7.63. The number of para-hydroxylation sites is 1. The summed E-state index contributed by atoms with van der Waals surface area (Å²) in [4.78, 5) is 16.8. The maximum atomic E-state index is 9.57. The Bertz CT molecular complexity index is 3960. The third-order valence-electron chi connectivity index (χ3n) is 11.0. The van der Waals surface area contributed by atoms with Crippen LogP contribution < -0.4 is 15.3 Å². The van der Waals surface area contributed by atoms with Crippen LogP contribution in [0.1, 0.15) is 25.2 Å². The van der Waals surface area contributed by atoms with Crippen LogP contribution in [0.2, 0.25) is 0 Å². The minimum Gasteiger partial charge on any atom is -0.456 e. The molecule has 5 heteroatoms. The van der Waals surface area contributed by atoms with Gasteiger partial charge in [-0.3, -0.25) is 0 Å². The lowest BCUT2D eigenvalue weighted by Gasteiger charge is -2.29. The molecule has 2 aromatic heterocycles. The fourth-order valence-corrected chi connectivity index (χ4v) is 8.27. The van der Waals surface area contributed by atoms with E-state index in [1.807, 2.05) is 97.1 Å². The fourth-order valence-electron chi connectivity index (χ4n) is 8.27. The highest BCUT2D eigenvalue weighted by Crippen LogP contribution is 2.48. The zero-order valence-corrected chi connectivity index (χ0v) is 30.6. The standard InChI is InChI=1S/C53H34N4O/c1-2-11-33(12-3-1)35-21-24-36(25-22-35)51-54-52(40-26-23-34-13-4-5-14-37(34)29-40)56-53(55-51)44-18-10-20-48-50(44)43-28-27-41(32-49(43)58-48)57-46-19-9-8-17-42(46)45-30-38-15-6-7-16-39(38)31-47(45)57/h1-32,45,47H/i6D,7D,8D,9D,15D,16D,17D,19D,30D,31D. The average molecular weight is 753 g/mol. The Morgan fingerprint density at radius 1 is 0.517 bits per heavy atom. The van der Waals surface area contributed by atoms with Crippen LogP contribution in [-0.2, 0) is 0 Å². The van der Waals surface area contributed by atoms with Crippen molar-refractivity contribution >= 4 is 56.2 Å². The molecule has 0 spiro atoms. The van der Waals surface area contributed by atoms with Crippen LogP contribution in [0.3, 0.4) is 0 Å². The van der Waals surface area contributed by atoms with Crippen LogP contribution in [0.15, 0.2) is 186 Å².